The van der Waals surface area contributed by atoms with E-state index in [0.717, 1.165) is 12.3 Å². The molecule has 0 aromatic rings. The fourth-order valence-corrected chi connectivity index (χ4v) is 2.70. The summed E-state index contributed by atoms with van der Waals surface area (Å²) in [6.07, 6.45) is 9.54. The third kappa shape index (κ3) is 2.18. The molecule has 0 heterocycles. The Kier molecular flexibility index (Phi) is 3.24. The molecule has 0 aromatic heterocycles. The maximum absolute atomic E-state index is 9.02. The van der Waals surface area contributed by atoms with Gasteiger partial charge in [-0.2, -0.15) is 0 Å². The van der Waals surface area contributed by atoms with Gasteiger partial charge in [-0.05, 0) is 25.2 Å². The van der Waals surface area contributed by atoms with Crippen molar-refractivity contribution in [3.05, 3.63) is 12.2 Å². The van der Waals surface area contributed by atoms with Crippen molar-refractivity contribution >= 4 is 0 Å². The van der Waals surface area contributed by atoms with Crippen molar-refractivity contribution in [2.24, 2.45) is 11.8 Å². The molecule has 2 unspecified atom stereocenters. The van der Waals surface area contributed by atoms with Crippen LogP contribution in [0.1, 0.15) is 32.6 Å². The number of aliphatic hydroxyl groups excluding tert-OH is 1. The van der Waals surface area contributed by atoms with Crippen LogP contribution in [0, 0.1) is 11.8 Å². The largest absolute Gasteiger partial charge is 0.396 e. The molecule has 2 aliphatic carbocycles. The van der Waals surface area contributed by atoms with E-state index < -0.39 is 0 Å². The Balaban J connectivity index is 1.79. The molecular formula is C12H21NO. The van der Waals surface area contributed by atoms with Gasteiger partial charge in [0.25, 0.3) is 0 Å². The van der Waals surface area contributed by atoms with Gasteiger partial charge in [-0.3, -0.25) is 0 Å². The zero-order valence-corrected chi connectivity index (χ0v) is 8.95. The Bertz CT molecular complexity index is 214. The summed E-state index contributed by atoms with van der Waals surface area (Å²) in [5, 5.41) is 12.7. The lowest BCUT2D eigenvalue weighted by molar-refractivity contribution is 0.243. The van der Waals surface area contributed by atoms with Crippen molar-refractivity contribution in [3.8, 4) is 0 Å². The van der Waals surface area contributed by atoms with Crippen LogP contribution in [-0.2, 0) is 0 Å². The minimum Gasteiger partial charge on any atom is -0.396 e. The van der Waals surface area contributed by atoms with Crippen molar-refractivity contribution in [1.29, 1.82) is 0 Å². The number of nitrogens with one attached hydrogen (secondary N) is 1. The second-order valence-electron chi connectivity index (χ2n) is 4.85. The SMILES string of the molecule is CC1CCCC1N[C@@H]1C=C[C@H](CO)C1. The van der Waals surface area contributed by atoms with Gasteiger partial charge in [0.2, 0.25) is 0 Å². The minimum atomic E-state index is 0.300. The Hall–Kier alpha value is -0.340. The van der Waals surface area contributed by atoms with Crippen LogP contribution in [0.2, 0.25) is 0 Å². The van der Waals surface area contributed by atoms with Crippen molar-refractivity contribution in [1.82, 2.24) is 5.32 Å². The van der Waals surface area contributed by atoms with E-state index in [0.29, 0.717) is 24.6 Å². The fourth-order valence-electron chi connectivity index (χ4n) is 2.70. The van der Waals surface area contributed by atoms with Gasteiger partial charge in [0.1, 0.15) is 0 Å². The highest BCUT2D eigenvalue weighted by Gasteiger charge is 2.27. The zero-order chi connectivity index (χ0) is 9.97. The number of hydrogen-bond acceptors (Lipinski definition) is 2. The monoisotopic (exact) mass is 195 g/mol. The zero-order valence-electron chi connectivity index (χ0n) is 8.95. The van der Waals surface area contributed by atoms with Crippen molar-refractivity contribution in [2.75, 3.05) is 6.61 Å². The van der Waals surface area contributed by atoms with Gasteiger partial charge in [-0.25, -0.2) is 0 Å². The van der Waals surface area contributed by atoms with Crippen LogP contribution >= 0.6 is 0 Å². The second-order valence-corrected chi connectivity index (χ2v) is 4.85. The van der Waals surface area contributed by atoms with Crippen molar-refractivity contribution in [3.63, 3.8) is 0 Å². The molecule has 1 saturated carbocycles. The quantitative estimate of drug-likeness (QED) is 0.672. The van der Waals surface area contributed by atoms with Crippen LogP contribution in [0.3, 0.4) is 0 Å². The van der Waals surface area contributed by atoms with Gasteiger partial charge in [0.15, 0.2) is 0 Å². The molecule has 2 aliphatic rings. The maximum atomic E-state index is 9.02. The molecule has 0 aliphatic heterocycles. The highest BCUT2D eigenvalue weighted by atomic mass is 16.3. The number of aliphatic hydroxyl groups is 1. The number of rotatable bonds is 3. The molecule has 0 radical (unpaired) electrons. The van der Waals surface area contributed by atoms with E-state index in [4.69, 9.17) is 5.11 Å². The van der Waals surface area contributed by atoms with E-state index in [1.54, 1.807) is 0 Å². The summed E-state index contributed by atoms with van der Waals surface area (Å²) in [7, 11) is 0. The summed E-state index contributed by atoms with van der Waals surface area (Å²) in [6, 6.07) is 1.22. The normalized spacial score (nSPS) is 42.1. The third-order valence-electron chi connectivity index (χ3n) is 3.70. The van der Waals surface area contributed by atoms with Crippen LogP contribution in [0.25, 0.3) is 0 Å². The molecular weight excluding hydrogens is 174 g/mol. The molecule has 2 rings (SSSR count). The summed E-state index contributed by atoms with van der Waals surface area (Å²) >= 11 is 0. The number of hydrogen-bond donors (Lipinski definition) is 2. The van der Waals surface area contributed by atoms with E-state index in [9.17, 15) is 0 Å². The lowest BCUT2D eigenvalue weighted by atomic mass is 10.0. The van der Waals surface area contributed by atoms with Gasteiger partial charge in [0.05, 0.1) is 0 Å². The predicted molar refractivity (Wildman–Crippen MR) is 58.1 cm³/mol. The Morgan fingerprint density at radius 1 is 1.36 bits per heavy atom. The summed E-state index contributed by atoms with van der Waals surface area (Å²) in [6.45, 7) is 2.64. The molecule has 0 aromatic carbocycles. The van der Waals surface area contributed by atoms with E-state index in [-0.39, 0.29) is 0 Å². The van der Waals surface area contributed by atoms with Crippen LogP contribution in [0.5, 0.6) is 0 Å². The first kappa shape index (κ1) is 10.2. The first-order chi connectivity index (χ1) is 6.79. The molecule has 0 saturated heterocycles. The van der Waals surface area contributed by atoms with Gasteiger partial charge in [-0.1, -0.05) is 25.5 Å². The Labute approximate surface area is 86.4 Å². The molecule has 0 spiro atoms. The molecule has 2 heteroatoms. The smallest absolute Gasteiger partial charge is 0.0494 e. The molecule has 14 heavy (non-hydrogen) atoms. The van der Waals surface area contributed by atoms with Crippen molar-refractivity contribution < 1.29 is 5.11 Å². The summed E-state index contributed by atoms with van der Waals surface area (Å²) in [5.41, 5.74) is 0. The topological polar surface area (TPSA) is 32.3 Å². The fraction of sp³-hybridized carbons (Fsp3) is 0.833. The minimum absolute atomic E-state index is 0.300. The van der Waals surface area contributed by atoms with Gasteiger partial charge in [0, 0.05) is 24.6 Å². The molecule has 1 fully saturated rings. The van der Waals surface area contributed by atoms with E-state index in [1.165, 1.54) is 19.3 Å². The molecule has 2 nitrogen and oxygen atoms in total. The third-order valence-corrected chi connectivity index (χ3v) is 3.70. The standard InChI is InChI=1S/C12H21NO/c1-9-3-2-4-12(9)13-11-6-5-10(7-11)8-14/h5-6,9-14H,2-4,7-8H2,1H3/t9?,10-,11+,12?/m0/s1. The maximum Gasteiger partial charge on any atom is 0.0494 e. The molecule has 2 N–H and O–H groups in total. The van der Waals surface area contributed by atoms with Crippen LogP contribution in [0.4, 0.5) is 0 Å². The first-order valence-corrected chi connectivity index (χ1v) is 5.85. The summed E-state index contributed by atoms with van der Waals surface area (Å²) < 4.78 is 0. The van der Waals surface area contributed by atoms with Gasteiger partial charge in [-0.15, -0.1) is 0 Å². The molecule has 80 valence electrons. The lowest BCUT2D eigenvalue weighted by Crippen LogP contribution is -2.38. The van der Waals surface area contributed by atoms with Gasteiger partial charge < -0.3 is 10.4 Å². The van der Waals surface area contributed by atoms with E-state index >= 15 is 0 Å². The summed E-state index contributed by atoms with van der Waals surface area (Å²) in [4.78, 5) is 0. The average Bonchev–Trinajstić information content (AvgIpc) is 2.77. The van der Waals surface area contributed by atoms with Crippen LogP contribution < -0.4 is 5.32 Å². The van der Waals surface area contributed by atoms with Crippen LogP contribution in [0.15, 0.2) is 12.2 Å². The summed E-state index contributed by atoms with van der Waals surface area (Å²) in [5.74, 6) is 1.22. The molecule has 0 amide bonds. The first-order valence-electron chi connectivity index (χ1n) is 5.85. The highest BCUT2D eigenvalue weighted by molar-refractivity contribution is 5.06. The van der Waals surface area contributed by atoms with Crippen LogP contribution in [-0.4, -0.2) is 23.8 Å². The van der Waals surface area contributed by atoms with E-state index in [2.05, 4.69) is 24.4 Å². The average molecular weight is 195 g/mol. The van der Waals surface area contributed by atoms with E-state index in [1.807, 2.05) is 0 Å². The van der Waals surface area contributed by atoms with Crippen molar-refractivity contribution in [2.45, 2.75) is 44.7 Å². The highest BCUT2D eigenvalue weighted by Crippen LogP contribution is 2.27. The molecule has 0 bridgehead atoms. The predicted octanol–water partition coefficient (Wildman–Crippen LogP) is 1.70. The Morgan fingerprint density at radius 3 is 2.79 bits per heavy atom. The lowest BCUT2D eigenvalue weighted by Gasteiger charge is -2.22. The molecule has 4 atom stereocenters. The Morgan fingerprint density at radius 2 is 2.21 bits per heavy atom. The second kappa shape index (κ2) is 4.45. The van der Waals surface area contributed by atoms with Gasteiger partial charge >= 0.3 is 0 Å².